The Hall–Kier alpha value is -1.52. The predicted octanol–water partition coefficient (Wildman–Crippen LogP) is 4.90. The van der Waals surface area contributed by atoms with Crippen LogP contribution in [0.15, 0.2) is 53.0 Å². The summed E-state index contributed by atoms with van der Waals surface area (Å²) in [5.74, 6) is 0.736. The Labute approximate surface area is 137 Å². The molecule has 1 N–H and O–H groups in total. The van der Waals surface area contributed by atoms with Crippen molar-refractivity contribution in [2.75, 3.05) is 11.9 Å². The highest BCUT2D eigenvalue weighted by Gasteiger charge is 2.03. The molecule has 0 fully saturated rings. The quantitative estimate of drug-likeness (QED) is 0.736. The van der Waals surface area contributed by atoms with Crippen molar-refractivity contribution in [2.45, 2.75) is 12.8 Å². The minimum Gasteiger partial charge on any atom is -0.494 e. The third-order valence-electron chi connectivity index (χ3n) is 2.74. The minimum atomic E-state index is -0.0205. The molecule has 0 heterocycles. The molecular weight excluding hydrogens is 354 g/mol. The fourth-order valence-electron chi connectivity index (χ4n) is 1.74. The molecule has 2 aromatic carbocycles. The summed E-state index contributed by atoms with van der Waals surface area (Å²) in [7, 11) is 0. The van der Waals surface area contributed by atoms with Gasteiger partial charge in [0.15, 0.2) is 0 Å². The van der Waals surface area contributed by atoms with Crippen molar-refractivity contribution in [3.8, 4) is 5.75 Å². The van der Waals surface area contributed by atoms with Crippen molar-refractivity contribution in [3.63, 3.8) is 0 Å². The first kappa shape index (κ1) is 15.9. The number of hydrogen-bond acceptors (Lipinski definition) is 2. The predicted molar refractivity (Wildman–Crippen MR) is 89.0 cm³/mol. The molecule has 0 spiro atoms. The van der Waals surface area contributed by atoms with Crippen LogP contribution in [-0.4, -0.2) is 12.5 Å². The zero-order valence-electron chi connectivity index (χ0n) is 11.3. The van der Waals surface area contributed by atoms with Gasteiger partial charge in [0.25, 0.3) is 0 Å². The van der Waals surface area contributed by atoms with E-state index in [0.717, 1.165) is 15.9 Å². The van der Waals surface area contributed by atoms with Gasteiger partial charge in [-0.3, -0.25) is 4.79 Å². The summed E-state index contributed by atoms with van der Waals surface area (Å²) in [5, 5.41) is 3.52. The van der Waals surface area contributed by atoms with E-state index in [2.05, 4.69) is 21.2 Å². The van der Waals surface area contributed by atoms with Crippen LogP contribution in [0.3, 0.4) is 0 Å². The Balaban J connectivity index is 1.68. The van der Waals surface area contributed by atoms with Crippen LogP contribution in [-0.2, 0) is 4.79 Å². The third-order valence-corrected chi connectivity index (χ3v) is 3.48. The Morgan fingerprint density at radius 3 is 2.67 bits per heavy atom. The zero-order chi connectivity index (χ0) is 15.1. The number of carbonyl (C=O) groups is 1. The number of ether oxygens (including phenoxy) is 1. The van der Waals surface area contributed by atoms with Crippen LogP contribution in [0.1, 0.15) is 12.8 Å². The molecule has 0 radical (unpaired) electrons. The SMILES string of the molecule is O=C(CCCOc1ccc(Cl)cc1)Nc1cccc(Br)c1. The molecule has 2 rings (SSSR count). The maximum absolute atomic E-state index is 11.8. The summed E-state index contributed by atoms with van der Waals surface area (Å²) in [6.07, 6.45) is 1.07. The van der Waals surface area contributed by atoms with Crippen LogP contribution >= 0.6 is 27.5 Å². The van der Waals surface area contributed by atoms with E-state index in [1.807, 2.05) is 36.4 Å². The van der Waals surface area contributed by atoms with Gasteiger partial charge in [-0.05, 0) is 48.9 Å². The number of benzene rings is 2. The van der Waals surface area contributed by atoms with E-state index in [1.54, 1.807) is 12.1 Å². The van der Waals surface area contributed by atoms with E-state index >= 15 is 0 Å². The first-order chi connectivity index (χ1) is 10.1. The van der Waals surface area contributed by atoms with E-state index in [1.165, 1.54) is 0 Å². The normalized spacial score (nSPS) is 10.2. The number of carbonyl (C=O) groups excluding carboxylic acids is 1. The zero-order valence-corrected chi connectivity index (χ0v) is 13.7. The van der Waals surface area contributed by atoms with Gasteiger partial charge in [0.1, 0.15) is 5.75 Å². The standard InChI is InChI=1S/C16H15BrClNO2/c17-12-3-1-4-14(11-12)19-16(20)5-2-10-21-15-8-6-13(18)7-9-15/h1,3-4,6-9,11H,2,5,10H2,(H,19,20). The summed E-state index contributed by atoms with van der Waals surface area (Å²) >= 11 is 9.16. The van der Waals surface area contributed by atoms with Gasteiger partial charge in [-0.25, -0.2) is 0 Å². The Morgan fingerprint density at radius 1 is 1.19 bits per heavy atom. The topological polar surface area (TPSA) is 38.3 Å². The second-order valence-corrected chi connectivity index (χ2v) is 5.82. The number of hydrogen-bond donors (Lipinski definition) is 1. The lowest BCUT2D eigenvalue weighted by Crippen LogP contribution is -2.12. The number of halogens is 2. The van der Waals surface area contributed by atoms with Crippen molar-refractivity contribution in [1.82, 2.24) is 0 Å². The molecule has 110 valence electrons. The lowest BCUT2D eigenvalue weighted by molar-refractivity contribution is -0.116. The smallest absolute Gasteiger partial charge is 0.224 e. The molecule has 0 aliphatic heterocycles. The summed E-state index contributed by atoms with van der Waals surface area (Å²) in [5.41, 5.74) is 0.785. The van der Waals surface area contributed by atoms with E-state index in [4.69, 9.17) is 16.3 Å². The monoisotopic (exact) mass is 367 g/mol. The number of amides is 1. The highest BCUT2D eigenvalue weighted by atomic mass is 79.9. The van der Waals surface area contributed by atoms with Crippen LogP contribution < -0.4 is 10.1 Å². The van der Waals surface area contributed by atoms with Crippen LogP contribution in [0, 0.1) is 0 Å². The molecule has 3 nitrogen and oxygen atoms in total. The summed E-state index contributed by atoms with van der Waals surface area (Å²) in [4.78, 5) is 11.8. The van der Waals surface area contributed by atoms with Gasteiger partial charge < -0.3 is 10.1 Å². The van der Waals surface area contributed by atoms with E-state index in [9.17, 15) is 4.79 Å². The van der Waals surface area contributed by atoms with Crippen LogP contribution in [0.5, 0.6) is 5.75 Å². The molecule has 2 aromatic rings. The molecular formula is C16H15BrClNO2. The molecule has 0 aliphatic rings. The average molecular weight is 369 g/mol. The van der Waals surface area contributed by atoms with Crippen LogP contribution in [0.2, 0.25) is 5.02 Å². The lowest BCUT2D eigenvalue weighted by Gasteiger charge is -2.07. The van der Waals surface area contributed by atoms with Gasteiger partial charge in [-0.2, -0.15) is 0 Å². The van der Waals surface area contributed by atoms with Gasteiger partial charge >= 0.3 is 0 Å². The van der Waals surface area contributed by atoms with Crippen LogP contribution in [0.4, 0.5) is 5.69 Å². The molecule has 0 atom stereocenters. The second-order valence-electron chi connectivity index (χ2n) is 4.46. The Bertz CT molecular complexity index is 601. The summed E-state index contributed by atoms with van der Waals surface area (Å²) < 4.78 is 6.47. The minimum absolute atomic E-state index is 0.0205. The Morgan fingerprint density at radius 2 is 1.95 bits per heavy atom. The molecule has 0 bridgehead atoms. The molecule has 5 heteroatoms. The molecule has 1 amide bonds. The third kappa shape index (κ3) is 5.78. The van der Waals surface area contributed by atoms with E-state index < -0.39 is 0 Å². The maximum Gasteiger partial charge on any atom is 0.224 e. The molecule has 0 unspecified atom stereocenters. The molecule has 0 saturated carbocycles. The average Bonchev–Trinajstić information content (AvgIpc) is 2.45. The first-order valence-electron chi connectivity index (χ1n) is 6.57. The largest absolute Gasteiger partial charge is 0.494 e. The van der Waals surface area contributed by atoms with Crippen molar-refractivity contribution >= 4 is 39.1 Å². The molecule has 0 aromatic heterocycles. The van der Waals surface area contributed by atoms with E-state index in [-0.39, 0.29) is 5.91 Å². The highest BCUT2D eigenvalue weighted by molar-refractivity contribution is 9.10. The number of nitrogens with one attached hydrogen (secondary N) is 1. The molecule has 0 aliphatic carbocycles. The first-order valence-corrected chi connectivity index (χ1v) is 7.74. The van der Waals surface area contributed by atoms with Gasteiger partial charge in [0.2, 0.25) is 5.91 Å². The Kier molecular flexibility index (Phi) is 6.08. The fourth-order valence-corrected chi connectivity index (χ4v) is 2.27. The van der Waals surface area contributed by atoms with Gasteiger partial charge in [-0.15, -0.1) is 0 Å². The van der Waals surface area contributed by atoms with Crippen molar-refractivity contribution in [1.29, 1.82) is 0 Å². The summed E-state index contributed by atoms with van der Waals surface area (Å²) in [6.45, 7) is 0.494. The number of anilines is 1. The fraction of sp³-hybridized carbons (Fsp3) is 0.188. The number of rotatable bonds is 6. The van der Waals surface area contributed by atoms with E-state index in [0.29, 0.717) is 24.5 Å². The second kappa shape index (κ2) is 8.05. The van der Waals surface area contributed by atoms with Gasteiger partial charge in [-0.1, -0.05) is 33.6 Å². The lowest BCUT2D eigenvalue weighted by atomic mass is 10.2. The van der Waals surface area contributed by atoms with Crippen molar-refractivity contribution in [3.05, 3.63) is 58.0 Å². The summed E-state index contributed by atoms with van der Waals surface area (Å²) in [6, 6.07) is 14.7. The van der Waals surface area contributed by atoms with Gasteiger partial charge in [0, 0.05) is 21.6 Å². The van der Waals surface area contributed by atoms with Gasteiger partial charge in [0.05, 0.1) is 6.61 Å². The van der Waals surface area contributed by atoms with Crippen molar-refractivity contribution < 1.29 is 9.53 Å². The highest BCUT2D eigenvalue weighted by Crippen LogP contribution is 2.17. The van der Waals surface area contributed by atoms with Crippen LogP contribution in [0.25, 0.3) is 0 Å². The van der Waals surface area contributed by atoms with Crippen molar-refractivity contribution in [2.24, 2.45) is 0 Å². The molecule has 21 heavy (non-hydrogen) atoms. The maximum atomic E-state index is 11.8. The molecule has 0 saturated heterocycles.